The van der Waals surface area contributed by atoms with Gasteiger partial charge in [0.1, 0.15) is 12.4 Å². The third kappa shape index (κ3) is 9.81. The molecule has 29 heavy (non-hydrogen) atoms. The SMILES string of the molecule is CCNC(=NCC(C)Cc1cccs1)NCCOc1ccc(S(C)(=O)=O)cc1.I. The molecule has 0 radical (unpaired) electrons. The lowest BCUT2D eigenvalue weighted by molar-refractivity contribution is 0.321. The number of benzene rings is 1. The van der Waals surface area contributed by atoms with Gasteiger partial charge in [-0.15, -0.1) is 35.3 Å². The maximum absolute atomic E-state index is 11.5. The van der Waals surface area contributed by atoms with Gasteiger partial charge in [-0.1, -0.05) is 13.0 Å². The molecule has 0 spiro atoms. The zero-order valence-electron chi connectivity index (χ0n) is 17.1. The molecular formula is C20H30IN3O3S2. The summed E-state index contributed by atoms with van der Waals surface area (Å²) >= 11 is 1.78. The van der Waals surface area contributed by atoms with Gasteiger partial charge in [0, 0.05) is 24.2 Å². The van der Waals surface area contributed by atoms with Crippen molar-refractivity contribution in [3.05, 3.63) is 46.7 Å². The van der Waals surface area contributed by atoms with Crippen LogP contribution >= 0.6 is 35.3 Å². The highest BCUT2D eigenvalue weighted by molar-refractivity contribution is 14.0. The van der Waals surface area contributed by atoms with Crippen molar-refractivity contribution in [3.63, 3.8) is 0 Å². The predicted molar refractivity (Wildman–Crippen MR) is 132 cm³/mol. The molecule has 2 aromatic rings. The first-order valence-electron chi connectivity index (χ1n) is 9.36. The van der Waals surface area contributed by atoms with Gasteiger partial charge in [0.25, 0.3) is 0 Å². The lowest BCUT2D eigenvalue weighted by Gasteiger charge is -2.14. The molecule has 2 rings (SSSR count). The van der Waals surface area contributed by atoms with E-state index in [4.69, 9.17) is 4.74 Å². The molecule has 2 N–H and O–H groups in total. The average Bonchev–Trinajstić information content (AvgIpc) is 3.15. The summed E-state index contributed by atoms with van der Waals surface area (Å²) < 4.78 is 28.6. The van der Waals surface area contributed by atoms with Crippen LogP contribution in [0.15, 0.2) is 51.7 Å². The van der Waals surface area contributed by atoms with Crippen LogP contribution in [0.5, 0.6) is 5.75 Å². The molecule has 0 aliphatic heterocycles. The summed E-state index contributed by atoms with van der Waals surface area (Å²) in [7, 11) is -3.18. The minimum atomic E-state index is -3.18. The van der Waals surface area contributed by atoms with Gasteiger partial charge in [-0.2, -0.15) is 0 Å². The monoisotopic (exact) mass is 551 g/mol. The number of ether oxygens (including phenoxy) is 1. The first kappa shape index (κ1) is 25.7. The Morgan fingerprint density at radius 2 is 1.93 bits per heavy atom. The minimum Gasteiger partial charge on any atom is -0.492 e. The molecule has 0 saturated carbocycles. The number of rotatable bonds is 10. The van der Waals surface area contributed by atoms with Gasteiger partial charge in [0.15, 0.2) is 15.8 Å². The van der Waals surface area contributed by atoms with E-state index in [0.29, 0.717) is 24.8 Å². The fraction of sp³-hybridized carbons (Fsp3) is 0.450. The summed E-state index contributed by atoms with van der Waals surface area (Å²) in [5.74, 6) is 1.89. The van der Waals surface area contributed by atoms with Crippen LogP contribution in [0.2, 0.25) is 0 Å². The van der Waals surface area contributed by atoms with Crippen molar-refractivity contribution in [1.82, 2.24) is 10.6 Å². The fourth-order valence-electron chi connectivity index (χ4n) is 2.55. The molecule has 162 valence electrons. The Labute approximate surface area is 195 Å². The molecule has 0 bridgehead atoms. The lowest BCUT2D eigenvalue weighted by atomic mass is 10.1. The molecule has 6 nitrogen and oxygen atoms in total. The summed E-state index contributed by atoms with van der Waals surface area (Å²) in [5.41, 5.74) is 0. The van der Waals surface area contributed by atoms with Crippen molar-refractivity contribution in [2.75, 3.05) is 32.5 Å². The summed E-state index contributed by atoms with van der Waals surface area (Å²) in [4.78, 5) is 6.33. The third-order valence-electron chi connectivity index (χ3n) is 3.95. The standard InChI is InChI=1S/C20H29N3O3S2.HI/c1-4-21-20(23-15-16(2)14-18-6-5-13-27-18)22-11-12-26-17-7-9-19(10-8-17)28(3,24)25;/h5-10,13,16H,4,11-12,14-15H2,1-3H3,(H2,21,22,23);1H. The predicted octanol–water partition coefficient (Wildman–Crippen LogP) is 3.58. The average molecular weight is 552 g/mol. The van der Waals surface area contributed by atoms with Crippen LogP contribution in [-0.4, -0.2) is 46.9 Å². The highest BCUT2D eigenvalue weighted by atomic mass is 127. The number of aliphatic imine (C=N–C) groups is 1. The highest BCUT2D eigenvalue weighted by Gasteiger charge is 2.07. The molecule has 1 heterocycles. The van der Waals surface area contributed by atoms with E-state index in [1.165, 1.54) is 11.1 Å². The largest absolute Gasteiger partial charge is 0.492 e. The van der Waals surface area contributed by atoms with E-state index in [1.807, 2.05) is 6.92 Å². The lowest BCUT2D eigenvalue weighted by Crippen LogP contribution is -2.39. The zero-order chi connectivity index (χ0) is 20.4. The van der Waals surface area contributed by atoms with E-state index in [0.717, 1.165) is 25.5 Å². The van der Waals surface area contributed by atoms with Crippen molar-refractivity contribution in [2.45, 2.75) is 25.2 Å². The van der Waals surface area contributed by atoms with E-state index in [-0.39, 0.29) is 28.9 Å². The number of thiophene rings is 1. The molecule has 1 atom stereocenters. The second kappa shape index (κ2) is 13.1. The number of hydrogen-bond donors (Lipinski definition) is 2. The maximum Gasteiger partial charge on any atom is 0.191 e. The molecule has 0 saturated heterocycles. The molecule has 1 aromatic heterocycles. The van der Waals surface area contributed by atoms with Crippen LogP contribution in [0.4, 0.5) is 0 Å². The molecule has 0 aliphatic rings. The van der Waals surface area contributed by atoms with E-state index in [1.54, 1.807) is 35.6 Å². The van der Waals surface area contributed by atoms with Crippen molar-refractivity contribution in [1.29, 1.82) is 0 Å². The second-order valence-electron chi connectivity index (χ2n) is 6.63. The highest BCUT2D eigenvalue weighted by Crippen LogP contribution is 2.16. The van der Waals surface area contributed by atoms with E-state index in [2.05, 4.69) is 40.1 Å². The van der Waals surface area contributed by atoms with Gasteiger partial charge in [-0.3, -0.25) is 4.99 Å². The summed E-state index contributed by atoms with van der Waals surface area (Å²) in [5, 5.41) is 8.60. The number of nitrogens with zero attached hydrogens (tertiary/aromatic N) is 1. The zero-order valence-corrected chi connectivity index (χ0v) is 21.0. The summed E-state index contributed by atoms with van der Waals surface area (Å²) in [6, 6.07) is 10.7. The van der Waals surface area contributed by atoms with Crippen LogP contribution in [0.25, 0.3) is 0 Å². The van der Waals surface area contributed by atoms with Gasteiger partial charge in [-0.25, -0.2) is 8.42 Å². The Bertz CT molecular complexity index is 838. The molecule has 0 aliphatic carbocycles. The van der Waals surface area contributed by atoms with Crippen LogP contribution < -0.4 is 15.4 Å². The number of guanidine groups is 1. The number of hydrogen-bond acceptors (Lipinski definition) is 5. The second-order valence-corrected chi connectivity index (χ2v) is 9.68. The Balaban J connectivity index is 0.00000420. The summed E-state index contributed by atoms with van der Waals surface area (Å²) in [6.45, 7) is 6.83. The van der Waals surface area contributed by atoms with Crippen LogP contribution in [0, 0.1) is 5.92 Å². The van der Waals surface area contributed by atoms with Crippen molar-refractivity contribution < 1.29 is 13.2 Å². The molecule has 1 aromatic carbocycles. The molecule has 0 fully saturated rings. The number of nitrogens with one attached hydrogen (secondary N) is 2. The van der Waals surface area contributed by atoms with Gasteiger partial charge < -0.3 is 15.4 Å². The summed E-state index contributed by atoms with van der Waals surface area (Å²) in [6.07, 6.45) is 2.23. The Hall–Kier alpha value is -1.33. The van der Waals surface area contributed by atoms with E-state index >= 15 is 0 Å². The van der Waals surface area contributed by atoms with Crippen molar-refractivity contribution >= 4 is 51.1 Å². The first-order chi connectivity index (χ1) is 13.4. The topological polar surface area (TPSA) is 79.8 Å². The molecule has 9 heteroatoms. The maximum atomic E-state index is 11.5. The Kier molecular flexibility index (Phi) is 11.6. The first-order valence-corrected chi connectivity index (χ1v) is 12.1. The van der Waals surface area contributed by atoms with Crippen LogP contribution in [-0.2, 0) is 16.3 Å². The van der Waals surface area contributed by atoms with Gasteiger partial charge in [-0.05, 0) is 55.0 Å². The van der Waals surface area contributed by atoms with Crippen molar-refractivity contribution in [3.8, 4) is 5.75 Å². The van der Waals surface area contributed by atoms with Gasteiger partial charge in [0.05, 0.1) is 11.4 Å². The normalized spacial score (nSPS) is 12.7. The van der Waals surface area contributed by atoms with Gasteiger partial charge >= 0.3 is 0 Å². The third-order valence-corrected chi connectivity index (χ3v) is 5.98. The van der Waals surface area contributed by atoms with Crippen LogP contribution in [0.1, 0.15) is 18.7 Å². The Morgan fingerprint density at radius 1 is 1.21 bits per heavy atom. The van der Waals surface area contributed by atoms with E-state index in [9.17, 15) is 8.42 Å². The quantitative estimate of drug-likeness (QED) is 0.204. The minimum absolute atomic E-state index is 0. The van der Waals surface area contributed by atoms with Gasteiger partial charge in [0.2, 0.25) is 0 Å². The Morgan fingerprint density at radius 3 is 2.52 bits per heavy atom. The fourth-order valence-corrected chi connectivity index (χ4v) is 4.05. The van der Waals surface area contributed by atoms with Crippen LogP contribution in [0.3, 0.4) is 0 Å². The number of sulfone groups is 1. The molecule has 0 amide bonds. The number of halogens is 1. The smallest absolute Gasteiger partial charge is 0.191 e. The van der Waals surface area contributed by atoms with E-state index < -0.39 is 9.84 Å². The molecule has 1 unspecified atom stereocenters. The van der Waals surface area contributed by atoms with Crippen molar-refractivity contribution in [2.24, 2.45) is 10.9 Å². The molecular weight excluding hydrogens is 521 g/mol.